The minimum atomic E-state index is -0.546. The second-order valence-corrected chi connectivity index (χ2v) is 10.4. The standard InChI is InChI=1S/C27H35ClN4O2/c1-17-22-12-11-21(28)14-24(22)30-25(17)27(34)31-23(13-10-18-4-5-18)26(33)29-15-19-6-8-20(9-7-19)16-32(2)3/h6,8-9,11-12,14,18-19,23,30H,4-5,7,10,13,15-16H2,1-3H3,(H,29,33)(H,31,34). The zero-order valence-electron chi connectivity index (χ0n) is 20.3. The highest BCUT2D eigenvalue weighted by Crippen LogP contribution is 2.34. The average molecular weight is 483 g/mol. The largest absolute Gasteiger partial charge is 0.354 e. The van der Waals surface area contributed by atoms with Crippen LogP contribution in [0.4, 0.5) is 0 Å². The molecule has 2 amide bonds. The first-order valence-electron chi connectivity index (χ1n) is 12.2. The molecule has 0 saturated heterocycles. The van der Waals surface area contributed by atoms with Crippen LogP contribution in [0.3, 0.4) is 0 Å². The van der Waals surface area contributed by atoms with E-state index in [1.165, 1.54) is 18.4 Å². The number of halogens is 1. The summed E-state index contributed by atoms with van der Waals surface area (Å²) >= 11 is 6.11. The summed E-state index contributed by atoms with van der Waals surface area (Å²) in [6.07, 6.45) is 11.5. The van der Waals surface area contributed by atoms with Gasteiger partial charge in [-0.1, -0.05) is 48.7 Å². The predicted octanol–water partition coefficient (Wildman–Crippen LogP) is 4.60. The van der Waals surface area contributed by atoms with Crippen molar-refractivity contribution in [2.75, 3.05) is 27.2 Å². The van der Waals surface area contributed by atoms with Crippen molar-refractivity contribution >= 4 is 34.3 Å². The lowest BCUT2D eigenvalue weighted by atomic mass is 9.96. The molecule has 34 heavy (non-hydrogen) atoms. The lowest BCUT2D eigenvalue weighted by Gasteiger charge is -2.22. The molecule has 0 radical (unpaired) electrons. The molecule has 2 atom stereocenters. The molecule has 1 saturated carbocycles. The number of allylic oxidation sites excluding steroid dienone is 1. The Morgan fingerprint density at radius 2 is 2.06 bits per heavy atom. The van der Waals surface area contributed by atoms with Crippen molar-refractivity contribution in [1.29, 1.82) is 0 Å². The van der Waals surface area contributed by atoms with Crippen molar-refractivity contribution in [2.45, 2.75) is 45.1 Å². The van der Waals surface area contributed by atoms with Crippen LogP contribution in [0.5, 0.6) is 0 Å². The van der Waals surface area contributed by atoms with Crippen LogP contribution in [0.1, 0.15) is 48.2 Å². The molecule has 1 aromatic heterocycles. The maximum absolute atomic E-state index is 13.1. The van der Waals surface area contributed by atoms with E-state index in [9.17, 15) is 9.59 Å². The number of amides is 2. The Labute approximate surface area is 206 Å². The number of rotatable bonds is 10. The van der Waals surface area contributed by atoms with Crippen LogP contribution in [-0.2, 0) is 4.79 Å². The summed E-state index contributed by atoms with van der Waals surface area (Å²) in [5.41, 5.74) is 3.46. The van der Waals surface area contributed by atoms with Crippen molar-refractivity contribution in [2.24, 2.45) is 11.8 Å². The molecular formula is C27H35ClN4O2. The van der Waals surface area contributed by atoms with E-state index < -0.39 is 6.04 Å². The maximum atomic E-state index is 13.1. The summed E-state index contributed by atoms with van der Waals surface area (Å²) < 4.78 is 0. The van der Waals surface area contributed by atoms with Gasteiger partial charge in [0.1, 0.15) is 11.7 Å². The predicted molar refractivity (Wildman–Crippen MR) is 138 cm³/mol. The maximum Gasteiger partial charge on any atom is 0.268 e. The third kappa shape index (κ3) is 6.30. The molecule has 1 aromatic carbocycles. The molecule has 0 aliphatic heterocycles. The normalized spacial score (nSPS) is 18.7. The SMILES string of the molecule is Cc1c(C(=O)NC(CCC2CC2)C(=O)NCC2C=CC(CN(C)C)=CC2)[nH]c2cc(Cl)ccc12. The molecule has 2 aromatic rings. The Bertz CT molecular complexity index is 1110. The molecule has 3 N–H and O–H groups in total. The van der Waals surface area contributed by atoms with Crippen molar-refractivity contribution in [3.05, 3.63) is 58.3 Å². The fraction of sp³-hybridized carbons (Fsp3) is 0.481. The van der Waals surface area contributed by atoms with Gasteiger partial charge in [-0.3, -0.25) is 9.59 Å². The van der Waals surface area contributed by atoms with Gasteiger partial charge in [0.2, 0.25) is 5.91 Å². The van der Waals surface area contributed by atoms with Gasteiger partial charge in [0.25, 0.3) is 5.91 Å². The number of aryl methyl sites for hydroxylation is 1. The Balaban J connectivity index is 1.38. The van der Waals surface area contributed by atoms with Crippen molar-refractivity contribution in [3.63, 3.8) is 0 Å². The minimum absolute atomic E-state index is 0.109. The zero-order valence-corrected chi connectivity index (χ0v) is 21.0. The van der Waals surface area contributed by atoms with E-state index in [1.54, 1.807) is 0 Å². The fourth-order valence-electron chi connectivity index (χ4n) is 4.54. The molecule has 1 fully saturated rings. The van der Waals surface area contributed by atoms with Crippen molar-refractivity contribution < 1.29 is 9.59 Å². The lowest BCUT2D eigenvalue weighted by molar-refractivity contribution is -0.123. The van der Waals surface area contributed by atoms with Gasteiger partial charge in [-0.05, 0) is 75.4 Å². The van der Waals surface area contributed by atoms with Gasteiger partial charge in [0, 0.05) is 29.0 Å². The molecule has 2 aliphatic carbocycles. The zero-order chi connectivity index (χ0) is 24.2. The van der Waals surface area contributed by atoms with Crippen molar-refractivity contribution in [1.82, 2.24) is 20.5 Å². The second kappa shape index (κ2) is 10.8. The minimum Gasteiger partial charge on any atom is -0.354 e. The van der Waals surface area contributed by atoms with E-state index in [4.69, 9.17) is 11.6 Å². The number of hydrogen-bond donors (Lipinski definition) is 3. The fourth-order valence-corrected chi connectivity index (χ4v) is 4.71. The summed E-state index contributed by atoms with van der Waals surface area (Å²) in [4.78, 5) is 31.6. The number of benzene rings is 1. The van der Waals surface area contributed by atoms with E-state index in [0.29, 0.717) is 29.6 Å². The first-order chi connectivity index (χ1) is 16.3. The summed E-state index contributed by atoms with van der Waals surface area (Å²) in [7, 11) is 4.12. The summed E-state index contributed by atoms with van der Waals surface area (Å²) in [6.45, 7) is 3.40. The number of nitrogens with zero attached hydrogens (tertiary/aromatic N) is 1. The summed E-state index contributed by atoms with van der Waals surface area (Å²) in [5, 5.41) is 7.66. The number of aromatic amines is 1. The van der Waals surface area contributed by atoms with Gasteiger partial charge in [0.15, 0.2) is 0 Å². The Kier molecular flexibility index (Phi) is 7.79. The quantitative estimate of drug-likeness (QED) is 0.463. The molecule has 2 aliphatic rings. The van der Waals surface area contributed by atoms with E-state index in [-0.39, 0.29) is 17.7 Å². The lowest BCUT2D eigenvalue weighted by Crippen LogP contribution is -2.48. The molecule has 1 heterocycles. The molecule has 182 valence electrons. The Hall–Kier alpha value is -2.57. The van der Waals surface area contributed by atoms with E-state index in [2.05, 4.69) is 52.8 Å². The van der Waals surface area contributed by atoms with Crippen LogP contribution < -0.4 is 10.6 Å². The average Bonchev–Trinajstić information content (AvgIpc) is 3.57. The highest BCUT2D eigenvalue weighted by atomic mass is 35.5. The highest BCUT2D eigenvalue weighted by Gasteiger charge is 2.28. The first kappa shape index (κ1) is 24.6. The smallest absolute Gasteiger partial charge is 0.268 e. The number of carbonyl (C=O) groups excluding carboxylic acids is 2. The van der Waals surface area contributed by atoms with Crippen molar-refractivity contribution in [3.8, 4) is 0 Å². The third-order valence-electron chi connectivity index (χ3n) is 6.73. The van der Waals surface area contributed by atoms with Crippen LogP contribution >= 0.6 is 11.6 Å². The van der Waals surface area contributed by atoms with E-state index in [0.717, 1.165) is 35.9 Å². The number of H-pyrrole nitrogens is 1. The summed E-state index contributed by atoms with van der Waals surface area (Å²) in [5.74, 6) is 0.595. The number of hydrogen-bond acceptors (Lipinski definition) is 3. The van der Waals surface area contributed by atoms with E-state index >= 15 is 0 Å². The molecule has 2 unspecified atom stereocenters. The first-order valence-corrected chi connectivity index (χ1v) is 12.6. The van der Waals surface area contributed by atoms with Gasteiger partial charge < -0.3 is 20.5 Å². The molecule has 4 rings (SSSR count). The van der Waals surface area contributed by atoms with Gasteiger partial charge in [-0.25, -0.2) is 0 Å². The number of fused-ring (bicyclic) bond motifs is 1. The molecule has 6 nitrogen and oxygen atoms in total. The van der Waals surface area contributed by atoms with Crippen LogP contribution in [0.2, 0.25) is 5.02 Å². The molecular weight excluding hydrogens is 448 g/mol. The molecule has 7 heteroatoms. The van der Waals surface area contributed by atoms with Gasteiger partial charge in [-0.15, -0.1) is 0 Å². The topological polar surface area (TPSA) is 77.2 Å². The number of carbonyl (C=O) groups is 2. The second-order valence-electron chi connectivity index (χ2n) is 9.98. The van der Waals surface area contributed by atoms with Crippen LogP contribution in [0.25, 0.3) is 10.9 Å². The Morgan fingerprint density at radius 3 is 2.74 bits per heavy atom. The third-order valence-corrected chi connectivity index (χ3v) is 6.97. The monoisotopic (exact) mass is 482 g/mol. The van der Waals surface area contributed by atoms with Gasteiger partial charge in [-0.2, -0.15) is 0 Å². The van der Waals surface area contributed by atoms with E-state index in [1.807, 2.05) is 25.1 Å². The van der Waals surface area contributed by atoms with Crippen LogP contribution in [-0.4, -0.2) is 54.9 Å². The van der Waals surface area contributed by atoms with Crippen LogP contribution in [0, 0.1) is 18.8 Å². The highest BCUT2D eigenvalue weighted by molar-refractivity contribution is 6.31. The number of likely N-dealkylation sites (N-methyl/N-ethyl adjacent to an activating group) is 1. The Morgan fingerprint density at radius 1 is 1.26 bits per heavy atom. The van der Waals surface area contributed by atoms with Gasteiger partial charge >= 0.3 is 0 Å². The molecule has 0 bridgehead atoms. The van der Waals surface area contributed by atoms with Gasteiger partial charge in [0.05, 0.1) is 0 Å². The number of nitrogens with one attached hydrogen (secondary N) is 3. The molecule has 0 spiro atoms. The summed E-state index contributed by atoms with van der Waals surface area (Å²) in [6, 6.07) is 4.99. The van der Waals surface area contributed by atoms with Crippen LogP contribution in [0.15, 0.2) is 42.0 Å². The number of aromatic nitrogens is 1.